The monoisotopic (exact) mass is 464 g/mol. The molecule has 0 unspecified atom stereocenters. The average Bonchev–Trinajstić information content (AvgIpc) is 3.28. The van der Waals surface area contributed by atoms with E-state index in [4.69, 9.17) is 0 Å². The van der Waals surface area contributed by atoms with Crippen molar-refractivity contribution < 1.29 is 18.4 Å². The van der Waals surface area contributed by atoms with Crippen LogP contribution < -0.4 is 10.6 Å². The zero-order valence-corrected chi connectivity index (χ0v) is 18.0. The minimum Gasteiger partial charge on any atom is -0.340 e. The van der Waals surface area contributed by atoms with E-state index in [1.54, 1.807) is 12.1 Å². The molecule has 3 aromatic carbocycles. The number of rotatable bonds is 7. The highest BCUT2D eigenvalue weighted by Crippen LogP contribution is 2.26. The standard InChI is InChI=1S/C24H18F2N4O2S/c25-18-10-6-16(7-11-18)21(31)27-20(14-15-4-2-1-3-5-15)22(32)28-24-30-29-23(33-24)17-8-12-19(26)13-9-17/h1-13,20H,14H2,(H,27,31)(H,28,30,32)/t20-/m0/s1. The molecular weight excluding hydrogens is 446 g/mol. The lowest BCUT2D eigenvalue weighted by molar-refractivity contribution is -0.118. The number of nitrogens with zero attached hydrogens (tertiary/aromatic N) is 2. The summed E-state index contributed by atoms with van der Waals surface area (Å²) in [6.07, 6.45) is 0.239. The van der Waals surface area contributed by atoms with Crippen molar-refractivity contribution >= 4 is 28.3 Å². The first-order valence-corrected chi connectivity index (χ1v) is 10.8. The van der Waals surface area contributed by atoms with Crippen molar-refractivity contribution in [3.63, 3.8) is 0 Å². The van der Waals surface area contributed by atoms with Gasteiger partial charge in [-0.3, -0.25) is 14.9 Å². The maximum absolute atomic E-state index is 13.2. The van der Waals surface area contributed by atoms with Gasteiger partial charge in [0.05, 0.1) is 0 Å². The molecule has 0 saturated heterocycles. The fraction of sp³-hybridized carbons (Fsp3) is 0.0833. The fourth-order valence-corrected chi connectivity index (χ4v) is 3.83. The molecular formula is C24H18F2N4O2S. The van der Waals surface area contributed by atoms with Gasteiger partial charge in [-0.05, 0) is 54.1 Å². The molecule has 4 rings (SSSR count). The van der Waals surface area contributed by atoms with Gasteiger partial charge in [0, 0.05) is 17.5 Å². The summed E-state index contributed by atoms with van der Waals surface area (Å²) >= 11 is 1.13. The molecule has 0 bridgehead atoms. The van der Waals surface area contributed by atoms with Gasteiger partial charge in [0.1, 0.15) is 22.7 Å². The number of nitrogens with one attached hydrogen (secondary N) is 2. The number of benzene rings is 3. The zero-order valence-electron chi connectivity index (χ0n) is 17.2. The lowest BCUT2D eigenvalue weighted by atomic mass is 10.0. The van der Waals surface area contributed by atoms with E-state index in [2.05, 4.69) is 20.8 Å². The highest BCUT2D eigenvalue weighted by atomic mass is 32.1. The van der Waals surface area contributed by atoms with Crippen molar-refractivity contribution in [2.45, 2.75) is 12.5 Å². The normalized spacial score (nSPS) is 11.6. The second-order valence-electron chi connectivity index (χ2n) is 7.13. The van der Waals surface area contributed by atoms with Gasteiger partial charge >= 0.3 is 0 Å². The van der Waals surface area contributed by atoms with E-state index in [1.807, 2.05) is 30.3 Å². The van der Waals surface area contributed by atoms with Gasteiger partial charge < -0.3 is 5.32 Å². The first-order valence-electron chi connectivity index (χ1n) is 9.98. The lowest BCUT2D eigenvalue weighted by Gasteiger charge is -2.18. The van der Waals surface area contributed by atoms with E-state index in [0.29, 0.717) is 10.6 Å². The highest BCUT2D eigenvalue weighted by Gasteiger charge is 2.23. The van der Waals surface area contributed by atoms with Gasteiger partial charge in [0.15, 0.2) is 0 Å². The minimum atomic E-state index is -0.914. The largest absolute Gasteiger partial charge is 0.340 e. The van der Waals surface area contributed by atoms with Crippen LogP contribution in [0, 0.1) is 11.6 Å². The summed E-state index contributed by atoms with van der Waals surface area (Å²) in [5.74, 6) is -1.80. The van der Waals surface area contributed by atoms with Crippen molar-refractivity contribution in [2.24, 2.45) is 0 Å². The number of carbonyl (C=O) groups is 2. The molecule has 4 aromatic rings. The van der Waals surface area contributed by atoms with E-state index in [1.165, 1.54) is 36.4 Å². The number of carbonyl (C=O) groups excluding carboxylic acids is 2. The first-order chi connectivity index (χ1) is 16.0. The van der Waals surface area contributed by atoms with Crippen molar-refractivity contribution in [3.8, 4) is 10.6 Å². The van der Waals surface area contributed by atoms with Crippen molar-refractivity contribution in [2.75, 3.05) is 5.32 Å². The molecule has 0 fully saturated rings. The predicted octanol–water partition coefficient (Wildman–Crippen LogP) is 4.46. The zero-order chi connectivity index (χ0) is 23.2. The van der Waals surface area contributed by atoms with E-state index >= 15 is 0 Å². The van der Waals surface area contributed by atoms with E-state index in [9.17, 15) is 18.4 Å². The van der Waals surface area contributed by atoms with Crippen LogP contribution in [0.5, 0.6) is 0 Å². The second kappa shape index (κ2) is 10.1. The molecule has 0 aliphatic carbocycles. The summed E-state index contributed by atoms with van der Waals surface area (Å²) in [5, 5.41) is 14.2. The van der Waals surface area contributed by atoms with Crippen molar-refractivity contribution in [1.29, 1.82) is 0 Å². The Balaban J connectivity index is 1.50. The van der Waals surface area contributed by atoms with Crippen LogP contribution >= 0.6 is 11.3 Å². The van der Waals surface area contributed by atoms with E-state index in [-0.39, 0.29) is 22.9 Å². The fourth-order valence-electron chi connectivity index (χ4n) is 3.08. The molecule has 1 heterocycles. The van der Waals surface area contributed by atoms with Crippen LogP contribution in [0.25, 0.3) is 10.6 Å². The van der Waals surface area contributed by atoms with Crippen LogP contribution in [0.4, 0.5) is 13.9 Å². The molecule has 0 aliphatic rings. The first kappa shape index (κ1) is 22.2. The molecule has 2 N–H and O–H groups in total. The van der Waals surface area contributed by atoms with Crippen molar-refractivity contribution in [1.82, 2.24) is 15.5 Å². The van der Waals surface area contributed by atoms with Gasteiger partial charge in [0.2, 0.25) is 11.0 Å². The minimum absolute atomic E-state index is 0.233. The molecule has 33 heavy (non-hydrogen) atoms. The van der Waals surface area contributed by atoms with Gasteiger partial charge in [-0.25, -0.2) is 8.78 Å². The SMILES string of the molecule is O=C(N[C@@H](Cc1ccccc1)C(=O)Nc1nnc(-c2ccc(F)cc2)s1)c1ccc(F)cc1. The number of hydrogen-bond donors (Lipinski definition) is 2. The van der Waals surface area contributed by atoms with E-state index in [0.717, 1.165) is 16.9 Å². The molecule has 0 saturated carbocycles. The summed E-state index contributed by atoms with van der Waals surface area (Å²) < 4.78 is 26.3. The molecule has 166 valence electrons. The molecule has 0 radical (unpaired) electrons. The quantitative estimate of drug-likeness (QED) is 0.423. The number of aromatic nitrogens is 2. The van der Waals surface area contributed by atoms with Crippen LogP contribution in [0.3, 0.4) is 0 Å². The smallest absolute Gasteiger partial charge is 0.251 e. The Morgan fingerprint density at radius 1 is 0.848 bits per heavy atom. The Labute approximate surface area is 192 Å². The number of amides is 2. The maximum atomic E-state index is 13.2. The number of halogens is 2. The number of hydrogen-bond acceptors (Lipinski definition) is 5. The summed E-state index contributed by atoms with van der Waals surface area (Å²) in [6.45, 7) is 0. The van der Waals surface area contributed by atoms with Crippen LogP contribution in [-0.4, -0.2) is 28.1 Å². The third kappa shape index (κ3) is 5.83. The molecule has 1 atom stereocenters. The molecule has 0 spiro atoms. The topological polar surface area (TPSA) is 84.0 Å². The Kier molecular flexibility index (Phi) is 6.80. The molecule has 1 aromatic heterocycles. The Morgan fingerprint density at radius 2 is 1.48 bits per heavy atom. The molecule has 6 nitrogen and oxygen atoms in total. The summed E-state index contributed by atoms with van der Waals surface area (Å²) in [7, 11) is 0. The maximum Gasteiger partial charge on any atom is 0.251 e. The average molecular weight is 464 g/mol. The van der Waals surface area contributed by atoms with Crippen LogP contribution in [0.2, 0.25) is 0 Å². The van der Waals surface area contributed by atoms with Crippen LogP contribution in [-0.2, 0) is 11.2 Å². The molecule has 0 aliphatic heterocycles. The molecule has 9 heteroatoms. The van der Waals surface area contributed by atoms with E-state index < -0.39 is 23.7 Å². The van der Waals surface area contributed by atoms with Crippen LogP contribution in [0.1, 0.15) is 15.9 Å². The Hall–Kier alpha value is -3.98. The number of anilines is 1. The van der Waals surface area contributed by atoms with Crippen molar-refractivity contribution in [3.05, 3.63) is 102 Å². The van der Waals surface area contributed by atoms with Gasteiger partial charge in [-0.15, -0.1) is 10.2 Å². The highest BCUT2D eigenvalue weighted by molar-refractivity contribution is 7.18. The lowest BCUT2D eigenvalue weighted by Crippen LogP contribution is -2.45. The summed E-state index contributed by atoms with van der Waals surface area (Å²) in [5.41, 5.74) is 1.75. The van der Waals surface area contributed by atoms with Crippen LogP contribution in [0.15, 0.2) is 78.9 Å². The van der Waals surface area contributed by atoms with Gasteiger partial charge in [0.25, 0.3) is 5.91 Å². The summed E-state index contributed by atoms with van der Waals surface area (Å²) in [6, 6.07) is 19.2. The van der Waals surface area contributed by atoms with Gasteiger partial charge in [-0.1, -0.05) is 41.7 Å². The van der Waals surface area contributed by atoms with Gasteiger partial charge in [-0.2, -0.15) is 0 Å². The third-order valence-corrected chi connectivity index (χ3v) is 5.64. The third-order valence-electron chi connectivity index (χ3n) is 4.76. The second-order valence-corrected chi connectivity index (χ2v) is 8.11. The molecule has 2 amide bonds. The predicted molar refractivity (Wildman–Crippen MR) is 122 cm³/mol. The summed E-state index contributed by atoms with van der Waals surface area (Å²) in [4.78, 5) is 25.7. The Morgan fingerprint density at radius 3 is 2.15 bits per heavy atom. The Bertz CT molecular complexity index is 1250.